The summed E-state index contributed by atoms with van der Waals surface area (Å²) in [6.07, 6.45) is 0. The Kier molecular flexibility index (Phi) is 3.37. The van der Waals surface area contributed by atoms with Gasteiger partial charge in [-0.2, -0.15) is 0 Å². The maximum absolute atomic E-state index is 3.64. The number of hydrogen-bond donors (Lipinski definition) is 2. The fraction of sp³-hybridized carbons (Fsp3) is 0.0833. The van der Waals surface area contributed by atoms with Crippen LogP contribution >= 0.6 is 22.7 Å². The van der Waals surface area contributed by atoms with E-state index in [-0.39, 0.29) is 2.85 Å². The number of aryl methyl sites for hydroxylation is 2. The van der Waals surface area contributed by atoms with E-state index in [1.165, 1.54) is 64.8 Å². The lowest BCUT2D eigenvalue weighted by Gasteiger charge is -2.08. The van der Waals surface area contributed by atoms with E-state index in [4.69, 9.17) is 0 Å². The molecule has 4 aromatic heterocycles. The van der Waals surface area contributed by atoms with Crippen molar-refractivity contribution in [3.8, 4) is 21.1 Å². The molecule has 0 unspecified atom stereocenters. The summed E-state index contributed by atoms with van der Waals surface area (Å²) in [5.74, 6) is 0. The predicted octanol–water partition coefficient (Wildman–Crippen LogP) is 8.37. The van der Waals surface area contributed by atoms with Crippen molar-refractivity contribution < 1.29 is 2.85 Å². The minimum Gasteiger partial charge on any atom is -0.354 e. The zero-order chi connectivity index (χ0) is 18.8. The lowest BCUT2D eigenvalue weighted by atomic mass is 9.96. The van der Waals surface area contributed by atoms with Crippen molar-refractivity contribution in [2.75, 3.05) is 0 Å². The lowest BCUT2D eigenvalue weighted by molar-refractivity contribution is 1.47. The summed E-state index contributed by atoms with van der Waals surface area (Å²) in [5.41, 5.74) is 7.50. The quantitative estimate of drug-likeness (QED) is 0.291. The molecule has 0 saturated heterocycles. The number of aromatic nitrogens is 2. The molecule has 2 N–H and O–H groups in total. The molecule has 6 rings (SSSR count). The van der Waals surface area contributed by atoms with Crippen LogP contribution in [0.4, 0.5) is 0 Å². The molecule has 0 amide bonds. The normalized spacial score (nSPS) is 11.9. The van der Waals surface area contributed by atoms with Crippen molar-refractivity contribution in [2.45, 2.75) is 13.8 Å². The highest BCUT2D eigenvalue weighted by molar-refractivity contribution is 7.13. The molecule has 0 radical (unpaired) electrons. The van der Waals surface area contributed by atoms with E-state index in [2.05, 4.69) is 83.1 Å². The summed E-state index contributed by atoms with van der Waals surface area (Å²) in [6.45, 7) is 4.48. The molecule has 4 heterocycles. The first-order valence-corrected chi connectivity index (χ1v) is 11.1. The third kappa shape index (κ3) is 2.25. The molecule has 6 aromatic rings. The Morgan fingerprint density at radius 1 is 0.643 bits per heavy atom. The van der Waals surface area contributed by atoms with Gasteiger partial charge in [-0.25, -0.2) is 0 Å². The van der Waals surface area contributed by atoms with Gasteiger partial charge in [-0.15, -0.1) is 22.7 Å². The van der Waals surface area contributed by atoms with E-state index in [9.17, 15) is 0 Å². The minimum atomic E-state index is 0. The Hall–Kier alpha value is -2.82. The molecule has 4 heteroatoms. The number of fused-ring (bicyclic) bond motifs is 3. The summed E-state index contributed by atoms with van der Waals surface area (Å²) < 4.78 is 0. The average molecular weight is 403 g/mol. The zero-order valence-corrected chi connectivity index (χ0v) is 17.2. The van der Waals surface area contributed by atoms with Crippen LogP contribution in [0, 0.1) is 13.8 Å². The molecule has 0 atom stereocenters. The van der Waals surface area contributed by atoms with Crippen LogP contribution in [-0.2, 0) is 0 Å². The molecule has 0 aliphatic rings. The molecule has 0 aliphatic carbocycles. The van der Waals surface area contributed by atoms with Gasteiger partial charge in [0.15, 0.2) is 0 Å². The van der Waals surface area contributed by atoms with Crippen LogP contribution in [0.25, 0.3) is 53.7 Å². The van der Waals surface area contributed by atoms with Crippen molar-refractivity contribution in [1.29, 1.82) is 0 Å². The van der Waals surface area contributed by atoms with Gasteiger partial charge in [0.05, 0.1) is 21.1 Å². The molecule has 2 aromatic carbocycles. The second kappa shape index (κ2) is 5.84. The first-order chi connectivity index (χ1) is 13.7. The van der Waals surface area contributed by atoms with E-state index in [0.29, 0.717) is 0 Å². The molecule has 0 aliphatic heterocycles. The van der Waals surface area contributed by atoms with E-state index >= 15 is 0 Å². The van der Waals surface area contributed by atoms with Crippen molar-refractivity contribution in [1.82, 2.24) is 9.97 Å². The summed E-state index contributed by atoms with van der Waals surface area (Å²) in [5, 5.41) is 9.52. The number of nitrogens with one attached hydrogen (secondary N) is 2. The Balaban J connectivity index is 0.00000109. The predicted molar refractivity (Wildman–Crippen MR) is 128 cm³/mol. The Morgan fingerprint density at radius 2 is 1.11 bits per heavy atom. The van der Waals surface area contributed by atoms with Gasteiger partial charge in [0.1, 0.15) is 0 Å². The fourth-order valence-electron chi connectivity index (χ4n) is 4.27. The second-order valence-corrected chi connectivity index (χ2v) is 9.24. The minimum absolute atomic E-state index is 0. The molecule has 0 saturated carbocycles. The van der Waals surface area contributed by atoms with Gasteiger partial charge < -0.3 is 9.97 Å². The van der Waals surface area contributed by atoms with Crippen molar-refractivity contribution in [3.63, 3.8) is 0 Å². The van der Waals surface area contributed by atoms with Crippen LogP contribution in [0.1, 0.15) is 14.0 Å². The lowest BCUT2D eigenvalue weighted by Crippen LogP contribution is -1.86. The van der Waals surface area contributed by atoms with Crippen LogP contribution < -0.4 is 0 Å². The van der Waals surface area contributed by atoms with E-state index in [1.807, 2.05) is 0 Å². The molecular formula is C24H22N2S2. The van der Waals surface area contributed by atoms with E-state index in [0.717, 1.165) is 0 Å². The zero-order valence-electron chi connectivity index (χ0n) is 15.6. The van der Waals surface area contributed by atoms with Crippen LogP contribution in [0.15, 0.2) is 59.3 Å². The SMILES string of the molecule is Cc1c2cc(-c3cccs3)[nH]c2cc2c(C)c3cc(-c4cccs4)[nH]c3cc12.[HH].[HH]. The van der Waals surface area contributed by atoms with Gasteiger partial charge in [-0.3, -0.25) is 0 Å². The first kappa shape index (κ1) is 16.2. The molecular weight excluding hydrogens is 380 g/mol. The number of aromatic amines is 2. The molecule has 2 nitrogen and oxygen atoms in total. The smallest absolute Gasteiger partial charge is 0.0566 e. The summed E-state index contributed by atoms with van der Waals surface area (Å²) in [7, 11) is 0. The standard InChI is InChI=1S/C24H18N2S2.2H2/c1-13-15-9-20-18(12-22(26-20)24-6-4-8-28-24)14(2)16(15)10-19-17(13)11-21(25-19)23-5-3-7-27-23;;/h3-12,25-26H,1-2H3;2*1H. The Morgan fingerprint density at radius 3 is 1.50 bits per heavy atom. The van der Waals surface area contributed by atoms with Gasteiger partial charge in [-0.1, -0.05) is 12.1 Å². The van der Waals surface area contributed by atoms with Crippen molar-refractivity contribution in [3.05, 3.63) is 70.4 Å². The highest BCUT2D eigenvalue weighted by Gasteiger charge is 2.14. The van der Waals surface area contributed by atoms with Crippen LogP contribution in [0.3, 0.4) is 0 Å². The van der Waals surface area contributed by atoms with Crippen molar-refractivity contribution in [2.24, 2.45) is 0 Å². The first-order valence-electron chi connectivity index (χ1n) is 9.35. The molecule has 0 bridgehead atoms. The maximum Gasteiger partial charge on any atom is 0.0566 e. The van der Waals surface area contributed by atoms with Gasteiger partial charge in [0.2, 0.25) is 0 Å². The second-order valence-electron chi connectivity index (χ2n) is 7.34. The van der Waals surface area contributed by atoms with Gasteiger partial charge >= 0.3 is 0 Å². The number of benzene rings is 2. The molecule has 140 valence electrons. The molecule has 0 fully saturated rings. The van der Waals surface area contributed by atoms with Crippen LogP contribution in [-0.4, -0.2) is 9.97 Å². The van der Waals surface area contributed by atoms with E-state index < -0.39 is 0 Å². The van der Waals surface area contributed by atoms with Crippen LogP contribution in [0.5, 0.6) is 0 Å². The van der Waals surface area contributed by atoms with Crippen molar-refractivity contribution >= 4 is 55.3 Å². The summed E-state index contributed by atoms with van der Waals surface area (Å²) in [4.78, 5) is 9.84. The monoisotopic (exact) mass is 402 g/mol. The third-order valence-corrected chi connectivity index (χ3v) is 7.56. The number of rotatable bonds is 2. The number of hydrogen-bond acceptors (Lipinski definition) is 2. The fourth-order valence-corrected chi connectivity index (χ4v) is 5.67. The van der Waals surface area contributed by atoms with Gasteiger partial charge in [-0.05, 0) is 82.9 Å². The third-order valence-electron chi connectivity index (χ3n) is 5.75. The summed E-state index contributed by atoms with van der Waals surface area (Å²) in [6, 6.07) is 17.8. The Bertz CT molecular complexity index is 1360. The van der Waals surface area contributed by atoms with E-state index in [1.54, 1.807) is 22.7 Å². The largest absolute Gasteiger partial charge is 0.354 e. The van der Waals surface area contributed by atoms with Gasteiger partial charge in [0, 0.05) is 24.7 Å². The van der Waals surface area contributed by atoms with Crippen LogP contribution in [0.2, 0.25) is 0 Å². The average Bonchev–Trinajstić information content (AvgIpc) is 3.47. The number of H-pyrrole nitrogens is 2. The van der Waals surface area contributed by atoms with Gasteiger partial charge in [0.25, 0.3) is 0 Å². The molecule has 28 heavy (non-hydrogen) atoms. The molecule has 0 spiro atoms. The highest BCUT2D eigenvalue weighted by atomic mass is 32.1. The number of thiophene rings is 2. The topological polar surface area (TPSA) is 31.6 Å². The Labute approximate surface area is 173 Å². The summed E-state index contributed by atoms with van der Waals surface area (Å²) >= 11 is 3.55. The highest BCUT2D eigenvalue weighted by Crippen LogP contribution is 2.38. The maximum atomic E-state index is 3.64.